The summed E-state index contributed by atoms with van der Waals surface area (Å²) in [5, 5.41) is 37.8. The number of nitrogens with zero attached hydrogens (tertiary/aromatic N) is 4. The number of hydrogen-bond donors (Lipinski definition) is 5. The van der Waals surface area contributed by atoms with Crippen LogP contribution in [0.1, 0.15) is 50.4 Å². The lowest BCUT2D eigenvalue weighted by atomic mass is 10.1. The summed E-state index contributed by atoms with van der Waals surface area (Å²) in [5.74, 6) is 1.15. The topological polar surface area (TPSA) is 136 Å². The molecule has 184 valence electrons. The van der Waals surface area contributed by atoms with E-state index in [1.165, 1.54) is 0 Å². The van der Waals surface area contributed by atoms with E-state index < -0.39 is 18.2 Å². The lowest BCUT2D eigenvalue weighted by Crippen LogP contribution is -2.35. The molecule has 3 heterocycles. The zero-order valence-electron chi connectivity index (χ0n) is 19.4. The Labute approximate surface area is 208 Å². The number of aliphatic hydroxyl groups is 3. The maximum Gasteiger partial charge on any atom is 0.225 e. The van der Waals surface area contributed by atoms with Crippen LogP contribution in [0.5, 0.6) is 0 Å². The Morgan fingerprint density at radius 2 is 1.91 bits per heavy atom. The van der Waals surface area contributed by atoms with Gasteiger partial charge in [0, 0.05) is 30.7 Å². The molecule has 0 aliphatic heterocycles. The van der Waals surface area contributed by atoms with Crippen molar-refractivity contribution in [1.82, 2.24) is 19.9 Å². The smallest absolute Gasteiger partial charge is 0.225 e. The largest absolute Gasteiger partial charge is 0.396 e. The molecule has 3 aromatic heterocycles. The van der Waals surface area contributed by atoms with E-state index in [0.29, 0.717) is 24.1 Å². The van der Waals surface area contributed by atoms with Gasteiger partial charge in [-0.3, -0.25) is 4.98 Å². The molecule has 34 heavy (non-hydrogen) atoms. The third-order valence-corrected chi connectivity index (χ3v) is 7.42. The van der Waals surface area contributed by atoms with Crippen molar-refractivity contribution < 1.29 is 15.3 Å². The summed E-state index contributed by atoms with van der Waals surface area (Å²) in [6.07, 6.45) is 2.59. The molecule has 2 aliphatic carbocycles. The molecule has 0 saturated heterocycles. The van der Waals surface area contributed by atoms with Gasteiger partial charge in [-0.2, -0.15) is 4.98 Å². The molecule has 0 unspecified atom stereocenters. The predicted molar refractivity (Wildman–Crippen MR) is 136 cm³/mol. The average Bonchev–Trinajstić information content (AvgIpc) is 3.46. The number of thiazole rings is 1. The minimum Gasteiger partial charge on any atom is -0.396 e. The number of aryl methyl sites for hydroxylation is 1. The molecule has 0 radical (unpaired) electrons. The van der Waals surface area contributed by atoms with Gasteiger partial charge in [-0.1, -0.05) is 0 Å². The zero-order chi connectivity index (χ0) is 23.3. The Morgan fingerprint density at radius 1 is 1.15 bits per heavy atom. The third kappa shape index (κ3) is 4.70. The number of aromatic nitrogens is 4. The van der Waals surface area contributed by atoms with Crippen LogP contribution >= 0.6 is 23.7 Å². The Bertz CT molecular complexity index is 1170. The molecule has 11 heteroatoms. The van der Waals surface area contributed by atoms with E-state index in [1.54, 1.807) is 11.3 Å². The molecule has 0 spiro atoms. The van der Waals surface area contributed by atoms with Crippen LogP contribution in [0, 0.1) is 12.8 Å². The molecule has 4 atom stereocenters. The van der Waals surface area contributed by atoms with Gasteiger partial charge in [0.2, 0.25) is 5.95 Å². The molecule has 3 aromatic rings. The molecule has 9 nitrogen and oxygen atoms in total. The summed E-state index contributed by atoms with van der Waals surface area (Å²) in [4.78, 5) is 18.9. The summed E-state index contributed by atoms with van der Waals surface area (Å²) in [6, 6.07) is 1.69. The van der Waals surface area contributed by atoms with Gasteiger partial charge in [0.25, 0.3) is 0 Å². The first-order valence-electron chi connectivity index (χ1n) is 11.5. The van der Waals surface area contributed by atoms with Crippen LogP contribution in [0.4, 0.5) is 11.8 Å². The summed E-state index contributed by atoms with van der Waals surface area (Å²) in [7, 11) is 0. The Kier molecular flexibility index (Phi) is 7.25. The average molecular weight is 507 g/mol. The lowest BCUT2D eigenvalue weighted by Gasteiger charge is -2.21. The summed E-state index contributed by atoms with van der Waals surface area (Å²) in [5.41, 5.74) is 3.54. The van der Waals surface area contributed by atoms with E-state index in [-0.39, 0.29) is 31.0 Å². The van der Waals surface area contributed by atoms with Gasteiger partial charge < -0.3 is 26.0 Å². The van der Waals surface area contributed by atoms with Gasteiger partial charge in [-0.05, 0) is 46.1 Å². The molecular weight excluding hydrogens is 476 g/mol. The number of pyridine rings is 1. The molecule has 0 amide bonds. The number of hydrogen-bond acceptors (Lipinski definition) is 10. The van der Waals surface area contributed by atoms with Crippen molar-refractivity contribution in [3.8, 4) is 10.6 Å². The molecule has 2 fully saturated rings. The normalized spacial score (nSPS) is 24.4. The van der Waals surface area contributed by atoms with E-state index in [1.807, 2.05) is 33.0 Å². The highest BCUT2D eigenvalue weighted by Crippen LogP contribution is 2.44. The van der Waals surface area contributed by atoms with Crippen molar-refractivity contribution in [3.63, 3.8) is 0 Å². The summed E-state index contributed by atoms with van der Waals surface area (Å²) >= 11 is 1.58. The van der Waals surface area contributed by atoms with Crippen molar-refractivity contribution in [3.05, 3.63) is 23.7 Å². The summed E-state index contributed by atoms with van der Waals surface area (Å²) in [6.45, 7) is 5.78. The van der Waals surface area contributed by atoms with E-state index in [0.717, 1.165) is 45.0 Å². The van der Waals surface area contributed by atoms with Crippen molar-refractivity contribution in [1.29, 1.82) is 0 Å². The molecule has 5 N–H and O–H groups in total. The van der Waals surface area contributed by atoms with Gasteiger partial charge in [-0.25, -0.2) is 9.97 Å². The van der Waals surface area contributed by atoms with Crippen molar-refractivity contribution in [2.75, 3.05) is 17.2 Å². The fourth-order valence-electron chi connectivity index (χ4n) is 4.52. The SMILES string of the molecule is Cc1nc(NC(C)C)nc(N[C@@H]2C[C@H](CO)[C@@H](O)[C@H]2O)c1-c1nc2c(C3CC3)nccc2s1.Cl. The molecule has 2 aliphatic rings. The maximum absolute atomic E-state index is 10.6. The van der Waals surface area contributed by atoms with E-state index in [4.69, 9.17) is 9.97 Å². The van der Waals surface area contributed by atoms with Gasteiger partial charge >= 0.3 is 0 Å². The van der Waals surface area contributed by atoms with Gasteiger partial charge in [0.15, 0.2) is 0 Å². The Morgan fingerprint density at radius 3 is 2.56 bits per heavy atom. The molecule has 2 saturated carbocycles. The van der Waals surface area contributed by atoms with E-state index >= 15 is 0 Å². The van der Waals surface area contributed by atoms with Crippen LogP contribution in [-0.2, 0) is 0 Å². The van der Waals surface area contributed by atoms with Crippen LogP contribution < -0.4 is 10.6 Å². The van der Waals surface area contributed by atoms with Crippen molar-refractivity contribution in [2.24, 2.45) is 5.92 Å². The maximum atomic E-state index is 10.6. The quantitative estimate of drug-likeness (QED) is 0.327. The standard InChI is InChI=1S/C23H30N6O3S.ClH/c1-10(2)25-23-26-11(3)16(21(29-23)27-14-8-13(9-30)19(31)20(14)32)22-28-18-15(33-22)6-7-24-17(18)12-4-5-12;/h6-7,10,12-14,19-20,30-32H,4-5,8-9H2,1-3H3,(H2,25,26,27,29);1H/t13-,14-,19-,20+;/m1./s1. The monoisotopic (exact) mass is 506 g/mol. The second-order valence-corrected chi connectivity index (χ2v) is 10.4. The Hall–Kier alpha value is -2.11. The zero-order valence-corrected chi connectivity index (χ0v) is 21.0. The molecular formula is C23H31ClN6O3S. The second kappa shape index (κ2) is 9.87. The molecule has 0 aromatic carbocycles. The number of aliphatic hydroxyl groups excluding tert-OH is 3. The predicted octanol–water partition coefficient (Wildman–Crippen LogP) is 3.09. The number of halogens is 1. The third-order valence-electron chi connectivity index (χ3n) is 6.38. The minimum atomic E-state index is -1.01. The number of anilines is 2. The van der Waals surface area contributed by atoms with Crippen LogP contribution in [0.15, 0.2) is 12.3 Å². The van der Waals surface area contributed by atoms with Crippen LogP contribution in [0.3, 0.4) is 0 Å². The first-order valence-corrected chi connectivity index (χ1v) is 12.3. The van der Waals surface area contributed by atoms with Gasteiger partial charge in [-0.15, -0.1) is 23.7 Å². The fraction of sp³-hybridized carbons (Fsp3) is 0.565. The first kappa shape index (κ1) is 25.0. The summed E-state index contributed by atoms with van der Waals surface area (Å²) < 4.78 is 1.08. The highest BCUT2D eigenvalue weighted by molar-refractivity contribution is 7.21. The highest BCUT2D eigenvalue weighted by Gasteiger charge is 2.41. The number of rotatable bonds is 7. The first-order chi connectivity index (χ1) is 15.9. The van der Waals surface area contributed by atoms with E-state index in [9.17, 15) is 15.3 Å². The minimum absolute atomic E-state index is 0. The van der Waals surface area contributed by atoms with Crippen LogP contribution in [-0.4, -0.2) is 66.2 Å². The van der Waals surface area contributed by atoms with Gasteiger partial charge in [0.1, 0.15) is 22.4 Å². The molecule has 0 bridgehead atoms. The second-order valence-electron chi connectivity index (χ2n) is 9.40. The number of fused-ring (bicyclic) bond motifs is 1. The van der Waals surface area contributed by atoms with Gasteiger partial charge in [0.05, 0.1) is 33.8 Å². The van der Waals surface area contributed by atoms with Crippen molar-refractivity contribution in [2.45, 2.75) is 70.2 Å². The van der Waals surface area contributed by atoms with Crippen LogP contribution in [0.2, 0.25) is 0 Å². The highest BCUT2D eigenvalue weighted by atomic mass is 35.5. The lowest BCUT2D eigenvalue weighted by molar-refractivity contribution is 0.00446. The van der Waals surface area contributed by atoms with Crippen molar-refractivity contribution >= 4 is 45.7 Å². The van der Waals surface area contributed by atoms with Crippen LogP contribution in [0.25, 0.3) is 20.8 Å². The Balaban J connectivity index is 0.00000274. The fourth-order valence-corrected chi connectivity index (χ4v) is 5.59. The number of nitrogens with one attached hydrogen (secondary N) is 2. The molecule has 5 rings (SSSR count). The van der Waals surface area contributed by atoms with E-state index in [2.05, 4.69) is 20.6 Å².